The molecule has 0 aliphatic rings. The van der Waals surface area contributed by atoms with Crippen LogP contribution in [0, 0.1) is 0 Å². The van der Waals surface area contributed by atoms with Crippen LogP contribution in [0.5, 0.6) is 0 Å². The first-order chi connectivity index (χ1) is 3.91. The Bertz CT molecular complexity index is 52.5. The highest BCUT2D eigenvalue weighted by molar-refractivity contribution is 6.55. The second kappa shape index (κ2) is 7.17. The summed E-state index contributed by atoms with van der Waals surface area (Å²) in [6.45, 7) is 6.02. The molecule has 0 atom stereocenters. The molecule has 0 amide bonds. The Morgan fingerprint density at radius 2 is 2.25 bits per heavy atom. The largest absolute Gasteiger partial charge is 0.103 e. The van der Waals surface area contributed by atoms with Gasteiger partial charge in [0, 0.05) is 19.0 Å². The van der Waals surface area contributed by atoms with Crippen molar-refractivity contribution < 1.29 is 0 Å². The summed E-state index contributed by atoms with van der Waals surface area (Å²) in [6.07, 6.45) is 2.08. The molecule has 0 fully saturated rings. The molecule has 0 unspecified atom stereocenters. The Morgan fingerprint density at radius 1 is 1.50 bits per heavy atom. The van der Waals surface area contributed by atoms with Gasteiger partial charge in [0.05, 0.1) is 0 Å². The molecule has 0 aromatic heterocycles. The Morgan fingerprint density at radius 3 is 2.75 bits per heavy atom. The summed E-state index contributed by atoms with van der Waals surface area (Å²) in [5.41, 5.74) is 1.66. The van der Waals surface area contributed by atoms with Crippen molar-refractivity contribution in [2.24, 2.45) is 0 Å². The van der Waals surface area contributed by atoms with E-state index < -0.39 is 0 Å². The summed E-state index contributed by atoms with van der Waals surface area (Å²) >= 11 is 0. The van der Waals surface area contributed by atoms with Crippen molar-refractivity contribution in [2.75, 3.05) is 0 Å². The van der Waals surface area contributed by atoms with E-state index in [-0.39, 0.29) is 0 Å². The normalized spacial score (nSPS) is 12.1. The quantitative estimate of drug-likeness (QED) is 0.303. The van der Waals surface area contributed by atoms with Crippen LogP contribution in [0.4, 0.5) is 0 Å². The van der Waals surface area contributed by atoms with Gasteiger partial charge in [0.25, 0.3) is 0 Å². The number of rotatable bonds is 5. The SMILES string of the molecule is C=CC[SiH2]C[SiH2]CC. The van der Waals surface area contributed by atoms with Crippen LogP contribution < -0.4 is 0 Å². The van der Waals surface area contributed by atoms with Gasteiger partial charge in [-0.1, -0.05) is 24.7 Å². The second-order valence-corrected chi connectivity index (χ2v) is 7.96. The van der Waals surface area contributed by atoms with E-state index in [1.165, 1.54) is 12.1 Å². The van der Waals surface area contributed by atoms with Gasteiger partial charge in [-0.05, 0) is 6.04 Å². The van der Waals surface area contributed by atoms with Crippen LogP contribution in [0.3, 0.4) is 0 Å². The fourth-order valence-corrected chi connectivity index (χ4v) is 5.57. The van der Waals surface area contributed by atoms with Crippen LogP contribution in [0.15, 0.2) is 12.7 Å². The number of hydrogen-bond donors (Lipinski definition) is 0. The lowest BCUT2D eigenvalue weighted by atomic mass is 10.8. The maximum atomic E-state index is 3.71. The minimum absolute atomic E-state index is 0.344. The Kier molecular flexibility index (Phi) is 7.33. The van der Waals surface area contributed by atoms with Crippen molar-refractivity contribution in [3.05, 3.63) is 12.7 Å². The molecule has 0 nitrogen and oxygen atoms in total. The summed E-state index contributed by atoms with van der Waals surface area (Å²) in [5.74, 6) is 0. The third-order valence-corrected chi connectivity index (χ3v) is 6.79. The summed E-state index contributed by atoms with van der Waals surface area (Å²) < 4.78 is 0. The first-order valence-electron chi connectivity index (χ1n) is 3.52. The van der Waals surface area contributed by atoms with Crippen molar-refractivity contribution in [2.45, 2.75) is 24.7 Å². The van der Waals surface area contributed by atoms with Gasteiger partial charge in [-0.3, -0.25) is 0 Å². The summed E-state index contributed by atoms with van der Waals surface area (Å²) in [5, 5.41) is 0. The molecule has 2 heteroatoms. The Hall–Kier alpha value is 0.174. The van der Waals surface area contributed by atoms with Crippen molar-refractivity contribution in [3.63, 3.8) is 0 Å². The fourth-order valence-electron chi connectivity index (χ4n) is 0.715. The molecule has 0 aromatic carbocycles. The monoisotopic (exact) mass is 144 g/mol. The second-order valence-electron chi connectivity index (χ2n) is 2.14. The Balaban J connectivity index is 2.62. The topological polar surface area (TPSA) is 0 Å². The Labute approximate surface area is 57.0 Å². The van der Waals surface area contributed by atoms with Gasteiger partial charge in [0.15, 0.2) is 0 Å². The van der Waals surface area contributed by atoms with Crippen molar-refractivity contribution in [1.29, 1.82) is 0 Å². The van der Waals surface area contributed by atoms with Crippen LogP contribution in [-0.4, -0.2) is 19.0 Å². The minimum atomic E-state index is 0.344. The average Bonchev–Trinajstić information content (AvgIpc) is 1.81. The standard InChI is InChI=1S/C6H16Si2/c1-3-5-8-6-7-4-2/h3H,1,4-8H2,2H3. The molecule has 0 rings (SSSR count). The predicted molar refractivity (Wildman–Crippen MR) is 47.4 cm³/mol. The van der Waals surface area contributed by atoms with E-state index in [0.717, 1.165) is 0 Å². The van der Waals surface area contributed by atoms with Crippen molar-refractivity contribution in [1.82, 2.24) is 0 Å². The highest BCUT2D eigenvalue weighted by Crippen LogP contribution is 1.86. The molecule has 0 aliphatic carbocycles. The molecule has 0 saturated heterocycles. The molecule has 0 saturated carbocycles. The van der Waals surface area contributed by atoms with Crippen molar-refractivity contribution >= 4 is 19.0 Å². The van der Waals surface area contributed by atoms with Crippen LogP contribution in [-0.2, 0) is 0 Å². The van der Waals surface area contributed by atoms with E-state index in [4.69, 9.17) is 0 Å². The van der Waals surface area contributed by atoms with E-state index in [2.05, 4.69) is 19.6 Å². The van der Waals surface area contributed by atoms with E-state index in [9.17, 15) is 0 Å². The molecule has 0 spiro atoms. The van der Waals surface area contributed by atoms with Gasteiger partial charge in [-0.2, -0.15) is 0 Å². The van der Waals surface area contributed by atoms with Crippen LogP contribution in [0.2, 0.25) is 17.8 Å². The van der Waals surface area contributed by atoms with Gasteiger partial charge < -0.3 is 0 Å². The first kappa shape index (κ1) is 8.17. The van der Waals surface area contributed by atoms with E-state index >= 15 is 0 Å². The maximum Gasteiger partial charge on any atom is 0.0209 e. The molecule has 0 bridgehead atoms. The highest BCUT2D eigenvalue weighted by Gasteiger charge is 1.83. The van der Waals surface area contributed by atoms with Gasteiger partial charge >= 0.3 is 0 Å². The molecule has 0 N–H and O–H groups in total. The van der Waals surface area contributed by atoms with Crippen LogP contribution in [0.1, 0.15) is 6.92 Å². The fraction of sp³-hybridized carbons (Fsp3) is 0.667. The summed E-state index contributed by atoms with van der Waals surface area (Å²) in [7, 11) is 0.759. The predicted octanol–water partition coefficient (Wildman–Crippen LogP) is 0.742. The number of allylic oxidation sites excluding steroid dienone is 1. The molecule has 0 aromatic rings. The third-order valence-electron chi connectivity index (χ3n) is 1.26. The van der Waals surface area contributed by atoms with Gasteiger partial charge in [0.1, 0.15) is 0 Å². The zero-order valence-corrected chi connectivity index (χ0v) is 8.65. The lowest BCUT2D eigenvalue weighted by Crippen LogP contribution is -1.93. The van der Waals surface area contributed by atoms with E-state index in [1.54, 1.807) is 5.67 Å². The van der Waals surface area contributed by atoms with Gasteiger partial charge in [0.2, 0.25) is 0 Å². The average molecular weight is 144 g/mol. The van der Waals surface area contributed by atoms with Crippen LogP contribution >= 0.6 is 0 Å². The number of hydrogen-bond acceptors (Lipinski definition) is 0. The minimum Gasteiger partial charge on any atom is -0.103 e. The summed E-state index contributed by atoms with van der Waals surface area (Å²) in [4.78, 5) is 0. The molecule has 0 heterocycles. The van der Waals surface area contributed by atoms with Gasteiger partial charge in [-0.15, -0.1) is 6.58 Å². The molecule has 0 aliphatic heterocycles. The lowest BCUT2D eigenvalue weighted by molar-refractivity contribution is 1.44. The zero-order valence-electron chi connectivity index (χ0n) is 5.82. The van der Waals surface area contributed by atoms with Crippen molar-refractivity contribution in [3.8, 4) is 0 Å². The van der Waals surface area contributed by atoms with Gasteiger partial charge in [-0.25, -0.2) is 0 Å². The molecular weight excluding hydrogens is 128 g/mol. The molecule has 8 heavy (non-hydrogen) atoms. The molecular formula is C6H16Si2. The van der Waals surface area contributed by atoms with Crippen LogP contribution in [0.25, 0.3) is 0 Å². The smallest absolute Gasteiger partial charge is 0.0209 e. The highest BCUT2D eigenvalue weighted by atomic mass is 28.3. The zero-order chi connectivity index (χ0) is 6.24. The summed E-state index contributed by atoms with van der Waals surface area (Å²) in [6, 6.07) is 2.87. The maximum absolute atomic E-state index is 3.71. The van der Waals surface area contributed by atoms with E-state index in [1.807, 2.05) is 0 Å². The lowest BCUT2D eigenvalue weighted by Gasteiger charge is -1.89. The molecule has 48 valence electrons. The molecule has 0 radical (unpaired) electrons. The first-order valence-corrected chi connectivity index (χ1v) is 7.52. The third kappa shape index (κ3) is 6.17. The van der Waals surface area contributed by atoms with E-state index in [0.29, 0.717) is 19.0 Å².